The second kappa shape index (κ2) is 5.16. The molecule has 1 atom stereocenters. The molecule has 0 aromatic carbocycles. The van der Waals surface area contributed by atoms with Crippen LogP contribution >= 0.6 is 12.4 Å². The van der Waals surface area contributed by atoms with Crippen LogP contribution in [0.4, 0.5) is 0 Å². The van der Waals surface area contributed by atoms with Gasteiger partial charge in [-0.15, -0.1) is 12.4 Å². The number of nitrogens with two attached hydrogens (primary N) is 1. The highest BCUT2D eigenvalue weighted by molar-refractivity contribution is 5.85. The fourth-order valence-electron chi connectivity index (χ4n) is 0.802. The third-order valence-electron chi connectivity index (χ3n) is 1.53. The van der Waals surface area contributed by atoms with Gasteiger partial charge in [0, 0.05) is 24.9 Å². The molecule has 3 nitrogen and oxygen atoms in total. The van der Waals surface area contributed by atoms with Crippen molar-refractivity contribution >= 4 is 12.4 Å². The first-order valence-electron chi connectivity index (χ1n) is 3.56. The first kappa shape index (κ1) is 10.5. The van der Waals surface area contributed by atoms with Gasteiger partial charge in [-0.1, -0.05) is 6.92 Å². The van der Waals surface area contributed by atoms with Crippen LogP contribution < -0.4 is 5.73 Å². The average molecular weight is 176 g/mol. The number of aromatic nitrogens is 2. The maximum atomic E-state index is 5.70. The Morgan fingerprint density at radius 3 is 2.91 bits per heavy atom. The monoisotopic (exact) mass is 175 g/mol. The van der Waals surface area contributed by atoms with E-state index < -0.39 is 0 Å². The Balaban J connectivity index is 0.000001000. The molecule has 0 amide bonds. The van der Waals surface area contributed by atoms with Crippen LogP contribution in [0.5, 0.6) is 0 Å². The third kappa shape index (κ3) is 3.39. The third-order valence-corrected chi connectivity index (χ3v) is 1.53. The minimum Gasteiger partial charge on any atom is -0.349 e. The van der Waals surface area contributed by atoms with E-state index >= 15 is 0 Å². The van der Waals surface area contributed by atoms with Crippen LogP contribution in [-0.4, -0.2) is 16.0 Å². The van der Waals surface area contributed by atoms with Crippen molar-refractivity contribution in [3.05, 3.63) is 18.2 Å². The van der Waals surface area contributed by atoms with Crippen molar-refractivity contribution in [2.45, 2.75) is 25.8 Å². The van der Waals surface area contributed by atoms with E-state index in [1.54, 1.807) is 6.20 Å². The minimum absolute atomic E-state index is 0. The summed E-state index contributed by atoms with van der Waals surface area (Å²) in [5.74, 6) is 0.981. The zero-order chi connectivity index (χ0) is 7.40. The summed E-state index contributed by atoms with van der Waals surface area (Å²) in [6.07, 6.45) is 5.42. The molecule has 1 unspecified atom stereocenters. The molecule has 0 aliphatic carbocycles. The summed E-state index contributed by atoms with van der Waals surface area (Å²) in [5.41, 5.74) is 5.70. The number of hydrogen-bond donors (Lipinski definition) is 2. The van der Waals surface area contributed by atoms with Gasteiger partial charge in [-0.2, -0.15) is 0 Å². The maximum Gasteiger partial charge on any atom is 0.107 e. The average Bonchev–Trinajstić information content (AvgIpc) is 2.40. The highest BCUT2D eigenvalue weighted by atomic mass is 35.5. The standard InChI is InChI=1S/C7H13N3.ClH/c1-2-6(8)5-7-9-3-4-10-7;/h3-4,6H,2,5,8H2,1H3,(H,9,10);1H. The van der Waals surface area contributed by atoms with Gasteiger partial charge in [0.1, 0.15) is 5.82 Å². The first-order valence-corrected chi connectivity index (χ1v) is 3.56. The largest absolute Gasteiger partial charge is 0.349 e. The molecule has 1 aromatic heterocycles. The van der Waals surface area contributed by atoms with Crippen LogP contribution in [0.25, 0.3) is 0 Å². The highest BCUT2D eigenvalue weighted by Gasteiger charge is 2.01. The zero-order valence-corrected chi connectivity index (χ0v) is 7.40. The quantitative estimate of drug-likeness (QED) is 0.723. The Labute approximate surface area is 72.8 Å². The van der Waals surface area contributed by atoms with Crippen molar-refractivity contribution in [3.8, 4) is 0 Å². The fourth-order valence-corrected chi connectivity index (χ4v) is 0.802. The SMILES string of the molecule is CCC(N)Cc1ncc[nH]1.Cl. The summed E-state index contributed by atoms with van der Waals surface area (Å²) in [7, 11) is 0. The van der Waals surface area contributed by atoms with Crippen LogP contribution in [-0.2, 0) is 6.42 Å². The number of imidazole rings is 1. The molecule has 3 N–H and O–H groups in total. The molecule has 0 spiro atoms. The summed E-state index contributed by atoms with van der Waals surface area (Å²) in [4.78, 5) is 7.08. The van der Waals surface area contributed by atoms with E-state index in [4.69, 9.17) is 5.73 Å². The van der Waals surface area contributed by atoms with E-state index in [1.807, 2.05) is 6.20 Å². The van der Waals surface area contributed by atoms with Crippen molar-refractivity contribution in [2.75, 3.05) is 0 Å². The van der Waals surface area contributed by atoms with Crippen LogP contribution in [0.15, 0.2) is 12.4 Å². The lowest BCUT2D eigenvalue weighted by Crippen LogP contribution is -2.21. The Hall–Kier alpha value is -0.540. The maximum absolute atomic E-state index is 5.70. The molecular formula is C7H14ClN3. The molecule has 64 valence electrons. The molecule has 1 heterocycles. The second-order valence-electron chi connectivity index (χ2n) is 2.41. The Bertz CT molecular complexity index is 174. The predicted molar refractivity (Wildman–Crippen MR) is 47.8 cm³/mol. The van der Waals surface area contributed by atoms with E-state index in [0.717, 1.165) is 18.7 Å². The summed E-state index contributed by atoms with van der Waals surface area (Å²) in [6.45, 7) is 2.08. The number of aromatic amines is 1. The number of halogens is 1. The minimum atomic E-state index is 0. The van der Waals surface area contributed by atoms with Crippen LogP contribution in [0.2, 0.25) is 0 Å². The summed E-state index contributed by atoms with van der Waals surface area (Å²) in [5, 5.41) is 0. The van der Waals surface area contributed by atoms with Gasteiger partial charge in [-0.05, 0) is 6.42 Å². The molecule has 0 aliphatic heterocycles. The second-order valence-corrected chi connectivity index (χ2v) is 2.41. The molecule has 0 saturated carbocycles. The summed E-state index contributed by atoms with van der Waals surface area (Å²) < 4.78 is 0. The molecule has 0 aliphatic rings. The molecule has 0 radical (unpaired) electrons. The molecule has 0 saturated heterocycles. The lowest BCUT2D eigenvalue weighted by atomic mass is 10.2. The van der Waals surface area contributed by atoms with Crippen LogP contribution in [0, 0.1) is 0 Å². The number of hydrogen-bond acceptors (Lipinski definition) is 2. The normalized spacial score (nSPS) is 12.2. The lowest BCUT2D eigenvalue weighted by molar-refractivity contribution is 0.629. The highest BCUT2D eigenvalue weighted by Crippen LogP contribution is 1.96. The molecule has 1 aromatic rings. The van der Waals surface area contributed by atoms with Crippen molar-refractivity contribution in [1.29, 1.82) is 0 Å². The number of nitrogens with zero attached hydrogens (tertiary/aromatic N) is 1. The smallest absolute Gasteiger partial charge is 0.107 e. The van der Waals surface area contributed by atoms with Gasteiger partial charge in [-0.25, -0.2) is 4.98 Å². The topological polar surface area (TPSA) is 54.7 Å². The molecular weight excluding hydrogens is 162 g/mol. The van der Waals surface area contributed by atoms with Crippen LogP contribution in [0.3, 0.4) is 0 Å². The van der Waals surface area contributed by atoms with Gasteiger partial charge in [0.25, 0.3) is 0 Å². The van der Waals surface area contributed by atoms with Gasteiger partial charge in [0.2, 0.25) is 0 Å². The van der Waals surface area contributed by atoms with E-state index in [1.165, 1.54) is 0 Å². The lowest BCUT2D eigenvalue weighted by Gasteiger charge is -2.04. The van der Waals surface area contributed by atoms with Crippen molar-refractivity contribution in [1.82, 2.24) is 9.97 Å². The molecule has 0 fully saturated rings. The van der Waals surface area contributed by atoms with Gasteiger partial charge >= 0.3 is 0 Å². The van der Waals surface area contributed by atoms with Crippen LogP contribution in [0.1, 0.15) is 19.2 Å². The molecule has 0 bridgehead atoms. The van der Waals surface area contributed by atoms with Gasteiger partial charge in [0.15, 0.2) is 0 Å². The first-order chi connectivity index (χ1) is 4.83. The van der Waals surface area contributed by atoms with E-state index in [9.17, 15) is 0 Å². The predicted octanol–water partition coefficient (Wildman–Crippen LogP) is 1.11. The summed E-state index contributed by atoms with van der Waals surface area (Å²) >= 11 is 0. The van der Waals surface area contributed by atoms with Crippen molar-refractivity contribution in [2.24, 2.45) is 5.73 Å². The van der Waals surface area contributed by atoms with Gasteiger partial charge in [0.05, 0.1) is 0 Å². The number of H-pyrrole nitrogens is 1. The van der Waals surface area contributed by atoms with Gasteiger partial charge < -0.3 is 10.7 Å². The molecule has 11 heavy (non-hydrogen) atoms. The Morgan fingerprint density at radius 1 is 1.73 bits per heavy atom. The molecule has 1 rings (SSSR count). The van der Waals surface area contributed by atoms with E-state index in [2.05, 4.69) is 16.9 Å². The molecule has 4 heteroatoms. The van der Waals surface area contributed by atoms with Crippen molar-refractivity contribution < 1.29 is 0 Å². The Kier molecular flexibility index (Phi) is 4.90. The van der Waals surface area contributed by atoms with E-state index in [-0.39, 0.29) is 18.4 Å². The number of nitrogens with one attached hydrogen (secondary N) is 1. The van der Waals surface area contributed by atoms with E-state index in [0.29, 0.717) is 0 Å². The fraction of sp³-hybridized carbons (Fsp3) is 0.571. The van der Waals surface area contributed by atoms with Gasteiger partial charge in [-0.3, -0.25) is 0 Å². The Morgan fingerprint density at radius 2 is 2.45 bits per heavy atom. The summed E-state index contributed by atoms with van der Waals surface area (Å²) in [6, 6.07) is 0.242. The zero-order valence-electron chi connectivity index (χ0n) is 6.58. The van der Waals surface area contributed by atoms with Crippen molar-refractivity contribution in [3.63, 3.8) is 0 Å². The number of rotatable bonds is 3.